The number of hydrogen-bond acceptors (Lipinski definition) is 5. The number of carbonyl (C=O) groups is 1. The number of benzene rings is 1. The highest BCUT2D eigenvalue weighted by Crippen LogP contribution is 2.34. The highest BCUT2D eigenvalue weighted by atomic mass is 16.5. The maximum atomic E-state index is 11.2. The summed E-state index contributed by atoms with van der Waals surface area (Å²) in [5.41, 5.74) is 2.32. The van der Waals surface area contributed by atoms with Crippen molar-refractivity contribution < 1.29 is 14.6 Å². The molecule has 0 amide bonds. The minimum absolute atomic E-state index is 0.172. The number of ether oxygens (including phenoxy) is 1. The largest absolute Gasteiger partial charge is 0.480 e. The molecule has 2 aliphatic carbocycles. The van der Waals surface area contributed by atoms with Crippen LogP contribution in [0.15, 0.2) is 42.7 Å². The van der Waals surface area contributed by atoms with Gasteiger partial charge in [0.2, 0.25) is 0 Å². The number of hydrogen-bond donors (Lipinski definition) is 2. The number of carboxylic acids is 1. The van der Waals surface area contributed by atoms with E-state index in [1.807, 2.05) is 18.2 Å². The van der Waals surface area contributed by atoms with Crippen molar-refractivity contribution in [1.82, 2.24) is 15.2 Å². The minimum atomic E-state index is -0.717. The third-order valence-corrected chi connectivity index (χ3v) is 5.85. The van der Waals surface area contributed by atoms with E-state index < -0.39 is 5.97 Å². The quantitative estimate of drug-likeness (QED) is 0.640. The number of aromatic nitrogens is 1. The summed E-state index contributed by atoms with van der Waals surface area (Å²) >= 11 is 0. The molecule has 154 valence electrons. The van der Waals surface area contributed by atoms with Gasteiger partial charge < -0.3 is 15.2 Å². The van der Waals surface area contributed by atoms with E-state index >= 15 is 0 Å². The zero-order valence-corrected chi connectivity index (χ0v) is 16.9. The van der Waals surface area contributed by atoms with Crippen LogP contribution in [-0.4, -0.2) is 46.1 Å². The lowest BCUT2D eigenvalue weighted by atomic mass is 9.85. The number of pyridine rings is 1. The predicted molar refractivity (Wildman–Crippen MR) is 111 cm³/mol. The molecule has 2 aliphatic rings. The lowest BCUT2D eigenvalue weighted by Crippen LogP contribution is -2.54. The molecule has 2 fully saturated rings. The van der Waals surface area contributed by atoms with Gasteiger partial charge in [0.15, 0.2) is 0 Å². The molecule has 2 saturated carbocycles. The number of nitrogens with one attached hydrogen (secondary N) is 1. The fraction of sp³-hybridized carbons (Fsp3) is 0.478. The Balaban J connectivity index is 1.24. The average Bonchev–Trinajstić information content (AvgIpc) is 3.47. The van der Waals surface area contributed by atoms with E-state index in [0.717, 1.165) is 48.9 Å². The van der Waals surface area contributed by atoms with E-state index in [4.69, 9.17) is 4.74 Å². The van der Waals surface area contributed by atoms with Crippen molar-refractivity contribution in [2.24, 2.45) is 5.92 Å². The lowest BCUT2D eigenvalue weighted by Gasteiger charge is -2.43. The highest BCUT2D eigenvalue weighted by Gasteiger charge is 2.36. The Bertz CT molecular complexity index is 833. The second-order valence-electron chi connectivity index (χ2n) is 8.36. The molecule has 2 N–H and O–H groups in total. The Labute approximate surface area is 171 Å². The van der Waals surface area contributed by atoms with E-state index in [1.54, 1.807) is 12.4 Å². The molecule has 0 spiro atoms. The fourth-order valence-electron chi connectivity index (χ4n) is 3.93. The Morgan fingerprint density at radius 1 is 1.31 bits per heavy atom. The van der Waals surface area contributed by atoms with Gasteiger partial charge >= 0.3 is 5.97 Å². The summed E-state index contributed by atoms with van der Waals surface area (Å²) in [6, 6.07) is 10.9. The number of aliphatic carboxylic acids is 1. The van der Waals surface area contributed by atoms with Crippen molar-refractivity contribution in [3.05, 3.63) is 53.9 Å². The summed E-state index contributed by atoms with van der Waals surface area (Å²) in [6.07, 6.45) is 8.00. The van der Waals surface area contributed by atoms with Crippen LogP contribution in [0.1, 0.15) is 36.8 Å². The fourth-order valence-corrected chi connectivity index (χ4v) is 3.93. The Kier molecular flexibility index (Phi) is 6.11. The van der Waals surface area contributed by atoms with E-state index in [0.29, 0.717) is 12.1 Å². The van der Waals surface area contributed by atoms with Gasteiger partial charge in [-0.1, -0.05) is 12.1 Å². The second-order valence-corrected chi connectivity index (χ2v) is 8.36. The van der Waals surface area contributed by atoms with Gasteiger partial charge in [0.1, 0.15) is 11.5 Å². The van der Waals surface area contributed by atoms with Gasteiger partial charge in [0.25, 0.3) is 0 Å². The van der Waals surface area contributed by atoms with Gasteiger partial charge in [0.05, 0.1) is 12.7 Å². The summed E-state index contributed by atoms with van der Waals surface area (Å²) in [4.78, 5) is 17.4. The molecule has 29 heavy (non-hydrogen) atoms. The molecule has 6 nitrogen and oxygen atoms in total. The molecule has 1 heterocycles. The van der Waals surface area contributed by atoms with Crippen molar-refractivity contribution in [3.8, 4) is 11.5 Å². The average molecular weight is 396 g/mol. The minimum Gasteiger partial charge on any atom is -0.480 e. The van der Waals surface area contributed by atoms with Crippen LogP contribution in [0.4, 0.5) is 0 Å². The molecule has 0 saturated heterocycles. The van der Waals surface area contributed by atoms with Crippen molar-refractivity contribution in [1.29, 1.82) is 0 Å². The van der Waals surface area contributed by atoms with E-state index in [1.165, 1.54) is 18.4 Å². The summed E-state index contributed by atoms with van der Waals surface area (Å²) in [7, 11) is 0. The maximum absolute atomic E-state index is 11.2. The van der Waals surface area contributed by atoms with Crippen molar-refractivity contribution in [2.75, 3.05) is 13.1 Å². The molecule has 6 heteroatoms. The van der Waals surface area contributed by atoms with Crippen LogP contribution in [-0.2, 0) is 11.3 Å². The monoisotopic (exact) mass is 395 g/mol. The standard InChI is InChI=1S/C23H29N3O3/c1-16-9-18(6-7-22(16)29-21-3-2-8-24-13-21)12-25-19-10-20(11-19)26(15-23(27)28)14-17-4-5-17/h2-3,6-9,13,17,19-20,25H,4-5,10-12,14-15H2,1H3,(H,27,28). The maximum Gasteiger partial charge on any atom is 0.317 e. The predicted octanol–water partition coefficient (Wildman–Crippen LogP) is 3.60. The van der Waals surface area contributed by atoms with Crippen molar-refractivity contribution in [3.63, 3.8) is 0 Å². The molecule has 2 aromatic rings. The van der Waals surface area contributed by atoms with E-state index in [2.05, 4.69) is 34.3 Å². The molecular formula is C23H29N3O3. The molecule has 0 radical (unpaired) electrons. The summed E-state index contributed by atoms with van der Waals surface area (Å²) < 4.78 is 5.89. The first kappa shape index (κ1) is 19.9. The number of aryl methyl sites for hydroxylation is 1. The molecule has 0 unspecified atom stereocenters. The zero-order valence-electron chi connectivity index (χ0n) is 16.9. The Hall–Kier alpha value is -2.44. The SMILES string of the molecule is Cc1cc(CNC2CC(N(CC(=O)O)CC3CC3)C2)ccc1Oc1cccnc1. The number of rotatable bonds is 10. The number of nitrogens with zero attached hydrogens (tertiary/aromatic N) is 2. The molecule has 0 bridgehead atoms. The third-order valence-electron chi connectivity index (χ3n) is 5.85. The van der Waals surface area contributed by atoms with Crippen LogP contribution < -0.4 is 10.1 Å². The van der Waals surface area contributed by atoms with Crippen molar-refractivity contribution in [2.45, 2.75) is 51.2 Å². The van der Waals surface area contributed by atoms with E-state index in [9.17, 15) is 9.90 Å². The van der Waals surface area contributed by atoms with Gasteiger partial charge in [-0.3, -0.25) is 14.7 Å². The van der Waals surface area contributed by atoms with Gasteiger partial charge in [0, 0.05) is 31.4 Å². The Morgan fingerprint density at radius 3 is 2.79 bits per heavy atom. The molecule has 1 aromatic heterocycles. The van der Waals surface area contributed by atoms with Crippen LogP contribution in [0.2, 0.25) is 0 Å². The Morgan fingerprint density at radius 2 is 2.14 bits per heavy atom. The normalized spacial score (nSPS) is 21.0. The molecule has 0 atom stereocenters. The third kappa shape index (κ3) is 5.55. The van der Waals surface area contributed by atoms with Crippen LogP contribution in [0.3, 0.4) is 0 Å². The second kappa shape index (κ2) is 8.93. The van der Waals surface area contributed by atoms with Gasteiger partial charge in [-0.25, -0.2) is 0 Å². The zero-order chi connectivity index (χ0) is 20.2. The smallest absolute Gasteiger partial charge is 0.317 e. The van der Waals surface area contributed by atoms with Crippen LogP contribution in [0.5, 0.6) is 11.5 Å². The molecule has 1 aromatic carbocycles. The molecule has 0 aliphatic heterocycles. The molecular weight excluding hydrogens is 366 g/mol. The highest BCUT2D eigenvalue weighted by molar-refractivity contribution is 5.69. The topological polar surface area (TPSA) is 74.7 Å². The summed E-state index contributed by atoms with van der Waals surface area (Å²) in [5.74, 6) is 1.58. The summed E-state index contributed by atoms with van der Waals surface area (Å²) in [5, 5.41) is 12.8. The molecule has 4 rings (SSSR count). The van der Waals surface area contributed by atoms with Crippen LogP contribution in [0.25, 0.3) is 0 Å². The van der Waals surface area contributed by atoms with E-state index in [-0.39, 0.29) is 6.54 Å². The first-order valence-electron chi connectivity index (χ1n) is 10.4. The van der Waals surface area contributed by atoms with Gasteiger partial charge in [-0.2, -0.15) is 0 Å². The van der Waals surface area contributed by atoms with Crippen molar-refractivity contribution >= 4 is 5.97 Å². The first-order chi connectivity index (χ1) is 14.1. The summed E-state index contributed by atoms with van der Waals surface area (Å²) in [6.45, 7) is 3.98. The van der Waals surface area contributed by atoms with Crippen LogP contribution >= 0.6 is 0 Å². The van der Waals surface area contributed by atoms with Gasteiger partial charge in [-0.05, 0) is 67.9 Å². The lowest BCUT2D eigenvalue weighted by molar-refractivity contribution is -0.139. The van der Waals surface area contributed by atoms with Gasteiger partial charge in [-0.15, -0.1) is 0 Å². The van der Waals surface area contributed by atoms with Crippen LogP contribution in [0, 0.1) is 12.8 Å². The first-order valence-corrected chi connectivity index (χ1v) is 10.4. The number of carboxylic acid groups (broad SMARTS) is 1.